The van der Waals surface area contributed by atoms with Crippen molar-refractivity contribution in [2.24, 2.45) is 11.8 Å². The van der Waals surface area contributed by atoms with Gasteiger partial charge >= 0.3 is 0 Å². The van der Waals surface area contributed by atoms with E-state index in [2.05, 4.69) is 23.9 Å². The Kier molecular flexibility index (Phi) is 3.70. The van der Waals surface area contributed by atoms with Crippen LogP contribution in [0.15, 0.2) is 18.2 Å². The molecule has 1 aromatic rings. The number of benzene rings is 1. The fourth-order valence-corrected chi connectivity index (χ4v) is 4.97. The molecule has 0 aromatic heterocycles. The van der Waals surface area contributed by atoms with Gasteiger partial charge in [-0.1, -0.05) is 6.07 Å². The van der Waals surface area contributed by atoms with E-state index in [1.54, 1.807) is 6.07 Å². The fourth-order valence-electron chi connectivity index (χ4n) is 4.97. The summed E-state index contributed by atoms with van der Waals surface area (Å²) in [5.41, 5.74) is 0.836. The van der Waals surface area contributed by atoms with Crippen LogP contribution >= 0.6 is 0 Å². The Labute approximate surface area is 136 Å². The van der Waals surface area contributed by atoms with Crippen LogP contribution in [0.4, 0.5) is 8.78 Å². The minimum absolute atomic E-state index is 0.00389. The lowest BCUT2D eigenvalue weighted by Gasteiger charge is -2.31. The lowest BCUT2D eigenvalue weighted by Crippen LogP contribution is -2.40. The van der Waals surface area contributed by atoms with E-state index in [0.29, 0.717) is 24.5 Å². The predicted molar refractivity (Wildman–Crippen MR) is 84.0 cm³/mol. The Bertz CT molecular complexity index is 609. The Hall–Kier alpha value is -1.04. The molecule has 3 aliphatic rings. The third-order valence-electron chi connectivity index (χ3n) is 5.82. The number of hydrogen-bond acceptors (Lipinski definition) is 3. The van der Waals surface area contributed by atoms with Crippen molar-refractivity contribution in [3.63, 3.8) is 0 Å². The summed E-state index contributed by atoms with van der Waals surface area (Å²) in [5.74, 6) is -0.385. The maximum absolute atomic E-state index is 13.4. The minimum atomic E-state index is -0.779. The van der Waals surface area contributed by atoms with E-state index in [-0.39, 0.29) is 5.60 Å². The number of ether oxygens (including phenoxy) is 1. The van der Waals surface area contributed by atoms with Gasteiger partial charge in [-0.3, -0.25) is 4.90 Å². The summed E-state index contributed by atoms with van der Waals surface area (Å²) in [6, 6.07) is 4.22. The van der Waals surface area contributed by atoms with Crippen molar-refractivity contribution < 1.29 is 13.5 Å². The summed E-state index contributed by atoms with van der Waals surface area (Å²) in [4.78, 5) is 4.60. The molecule has 0 saturated carbocycles. The molecule has 3 aliphatic heterocycles. The molecule has 0 unspecified atom stereocenters. The molecule has 3 fully saturated rings. The first kappa shape index (κ1) is 15.5. The summed E-state index contributed by atoms with van der Waals surface area (Å²) in [7, 11) is 4.24. The van der Waals surface area contributed by atoms with Gasteiger partial charge in [-0.25, -0.2) is 8.78 Å². The Balaban J connectivity index is 1.48. The number of rotatable bonds is 4. The largest absolute Gasteiger partial charge is 0.370 e. The summed E-state index contributed by atoms with van der Waals surface area (Å²) in [6.07, 6.45) is 2.71. The lowest BCUT2D eigenvalue weighted by atomic mass is 9.73. The van der Waals surface area contributed by atoms with E-state index >= 15 is 0 Å². The third kappa shape index (κ3) is 2.59. The van der Waals surface area contributed by atoms with Crippen molar-refractivity contribution in [2.45, 2.75) is 31.1 Å². The second-order valence-corrected chi connectivity index (χ2v) is 7.71. The molecule has 0 radical (unpaired) electrons. The number of halogens is 2. The van der Waals surface area contributed by atoms with Crippen LogP contribution in [0.1, 0.15) is 18.4 Å². The van der Waals surface area contributed by atoms with Crippen LogP contribution in [0, 0.1) is 23.5 Å². The molecule has 0 aliphatic carbocycles. The van der Waals surface area contributed by atoms with Crippen molar-refractivity contribution in [3.05, 3.63) is 35.4 Å². The number of likely N-dealkylation sites (tertiary alicyclic amines) is 1. The zero-order valence-electron chi connectivity index (χ0n) is 13.8. The highest BCUT2D eigenvalue weighted by atomic mass is 19.2. The van der Waals surface area contributed by atoms with Crippen LogP contribution in [0.5, 0.6) is 0 Å². The van der Waals surface area contributed by atoms with Gasteiger partial charge in [0.2, 0.25) is 0 Å². The van der Waals surface area contributed by atoms with E-state index in [0.717, 1.165) is 38.0 Å². The van der Waals surface area contributed by atoms with E-state index in [4.69, 9.17) is 4.74 Å². The molecule has 3 heterocycles. The van der Waals surface area contributed by atoms with E-state index in [1.165, 1.54) is 12.1 Å². The number of nitrogens with zero attached hydrogens (tertiary/aromatic N) is 2. The van der Waals surface area contributed by atoms with Crippen molar-refractivity contribution in [1.29, 1.82) is 0 Å². The monoisotopic (exact) mass is 322 g/mol. The Morgan fingerprint density at radius 2 is 2.13 bits per heavy atom. The van der Waals surface area contributed by atoms with Crippen molar-refractivity contribution in [2.75, 3.05) is 33.7 Å². The molecular formula is C18H24F2N2O. The smallest absolute Gasteiger partial charge is 0.159 e. The SMILES string of the molecule is CN(C)C[C@H]1[C@H]2CN(Cc3ccc(F)c(F)c3)C[C@]23CC[C@H]1O3. The second-order valence-electron chi connectivity index (χ2n) is 7.71. The zero-order chi connectivity index (χ0) is 16.2. The highest BCUT2D eigenvalue weighted by Gasteiger charge is 2.62. The zero-order valence-corrected chi connectivity index (χ0v) is 13.8. The first-order valence-electron chi connectivity index (χ1n) is 8.46. The topological polar surface area (TPSA) is 15.7 Å². The van der Waals surface area contributed by atoms with Gasteiger partial charge in [0.15, 0.2) is 11.6 Å². The van der Waals surface area contributed by atoms with Gasteiger partial charge in [-0.05, 0) is 44.6 Å². The molecule has 1 aromatic carbocycles. The van der Waals surface area contributed by atoms with Gasteiger partial charge in [0.25, 0.3) is 0 Å². The first-order valence-corrected chi connectivity index (χ1v) is 8.46. The second kappa shape index (κ2) is 5.50. The normalized spacial score (nSPS) is 36.1. The molecule has 126 valence electrons. The van der Waals surface area contributed by atoms with Crippen LogP contribution in [0.2, 0.25) is 0 Å². The molecule has 4 atom stereocenters. The summed E-state index contributed by atoms with van der Waals surface area (Å²) in [5, 5.41) is 0. The number of fused-ring (bicyclic) bond motifs is 1. The van der Waals surface area contributed by atoms with Crippen molar-refractivity contribution in [3.8, 4) is 0 Å². The standard InChI is InChI=1S/C18H24F2N2O/c1-21(2)9-13-14-10-22(11-18(14)6-5-17(13)23-18)8-12-3-4-15(19)16(20)7-12/h3-4,7,13-14,17H,5-6,8-11H2,1-2H3/t13-,14+,17+,18+/m0/s1. The van der Waals surface area contributed by atoms with Gasteiger partial charge in [0, 0.05) is 38.0 Å². The maximum atomic E-state index is 13.4. The van der Waals surface area contributed by atoms with Crippen LogP contribution in [0.3, 0.4) is 0 Å². The van der Waals surface area contributed by atoms with E-state index in [1.807, 2.05) is 0 Å². The van der Waals surface area contributed by atoms with Gasteiger partial charge in [0.05, 0.1) is 11.7 Å². The molecular weight excluding hydrogens is 298 g/mol. The molecule has 23 heavy (non-hydrogen) atoms. The summed E-state index contributed by atoms with van der Waals surface area (Å²) >= 11 is 0. The minimum Gasteiger partial charge on any atom is -0.370 e. The molecule has 0 amide bonds. The van der Waals surface area contributed by atoms with Crippen LogP contribution in [0.25, 0.3) is 0 Å². The molecule has 2 bridgehead atoms. The van der Waals surface area contributed by atoms with Gasteiger partial charge < -0.3 is 9.64 Å². The van der Waals surface area contributed by atoms with Crippen LogP contribution in [-0.4, -0.2) is 55.2 Å². The number of hydrogen-bond donors (Lipinski definition) is 0. The highest BCUT2D eigenvalue weighted by Crippen LogP contribution is 2.55. The molecule has 3 nitrogen and oxygen atoms in total. The first-order chi connectivity index (χ1) is 11.0. The van der Waals surface area contributed by atoms with Gasteiger partial charge in [0.1, 0.15) is 0 Å². The highest BCUT2D eigenvalue weighted by molar-refractivity contribution is 5.19. The third-order valence-corrected chi connectivity index (χ3v) is 5.82. The van der Waals surface area contributed by atoms with Crippen molar-refractivity contribution >= 4 is 0 Å². The molecule has 3 saturated heterocycles. The van der Waals surface area contributed by atoms with E-state index < -0.39 is 11.6 Å². The summed E-state index contributed by atoms with van der Waals surface area (Å²) < 4.78 is 32.9. The average Bonchev–Trinajstić information content (AvgIpc) is 3.12. The lowest BCUT2D eigenvalue weighted by molar-refractivity contribution is 0.00144. The predicted octanol–water partition coefficient (Wildman–Crippen LogP) is 2.51. The Morgan fingerprint density at radius 3 is 2.87 bits per heavy atom. The van der Waals surface area contributed by atoms with Gasteiger partial charge in [-0.15, -0.1) is 0 Å². The average molecular weight is 322 g/mol. The quantitative estimate of drug-likeness (QED) is 0.847. The molecule has 0 N–H and O–H groups in total. The van der Waals surface area contributed by atoms with Crippen molar-refractivity contribution in [1.82, 2.24) is 9.80 Å². The molecule has 4 rings (SSSR count). The van der Waals surface area contributed by atoms with Crippen LogP contribution < -0.4 is 0 Å². The van der Waals surface area contributed by atoms with Gasteiger partial charge in [-0.2, -0.15) is 0 Å². The summed E-state index contributed by atoms with van der Waals surface area (Å²) in [6.45, 7) is 3.64. The maximum Gasteiger partial charge on any atom is 0.159 e. The Morgan fingerprint density at radius 1 is 1.30 bits per heavy atom. The fraction of sp³-hybridized carbons (Fsp3) is 0.667. The molecule has 1 spiro atoms. The van der Waals surface area contributed by atoms with E-state index in [9.17, 15) is 8.78 Å². The molecule has 5 heteroatoms. The van der Waals surface area contributed by atoms with Crippen LogP contribution in [-0.2, 0) is 11.3 Å².